The summed E-state index contributed by atoms with van der Waals surface area (Å²) in [5.41, 5.74) is 1.36. The van der Waals surface area contributed by atoms with Crippen LogP contribution in [0.2, 0.25) is 0 Å². The Labute approximate surface area is 245 Å². The molecule has 206 valence electrons. The maximum absolute atomic E-state index is 14.8. The minimum absolute atomic E-state index is 0.157. The van der Waals surface area contributed by atoms with E-state index in [2.05, 4.69) is 22.5 Å². The van der Waals surface area contributed by atoms with Crippen LogP contribution in [0.1, 0.15) is 18.0 Å². The molecule has 3 aliphatic heterocycles. The summed E-state index contributed by atoms with van der Waals surface area (Å²) in [5, 5.41) is 22.5. The number of anilines is 1. The Kier molecular flexibility index (Phi) is 7.01. The molecule has 7 nitrogen and oxygen atoms in total. The Bertz CT molecular complexity index is 1500. The molecule has 3 fully saturated rings. The first-order valence-electron chi connectivity index (χ1n) is 13.3. The Morgan fingerprint density at radius 2 is 1.82 bits per heavy atom. The van der Waals surface area contributed by atoms with Crippen LogP contribution in [0.5, 0.6) is 0 Å². The number of thioether (sulfide) groups is 1. The van der Waals surface area contributed by atoms with Crippen LogP contribution >= 0.6 is 27.7 Å². The zero-order valence-corrected chi connectivity index (χ0v) is 24.0. The number of carboxylic acid groups (broad SMARTS) is 1. The average Bonchev–Trinajstić information content (AvgIpc) is 3.56. The second kappa shape index (κ2) is 10.4. The van der Waals surface area contributed by atoms with Crippen molar-refractivity contribution in [2.75, 3.05) is 18.1 Å². The topological polar surface area (TPSA) is 98.2 Å². The van der Waals surface area contributed by atoms with Gasteiger partial charge in [0.1, 0.15) is 6.04 Å². The van der Waals surface area contributed by atoms with E-state index in [1.54, 1.807) is 11.0 Å². The number of hydrogen-bond acceptors (Lipinski definition) is 5. The van der Waals surface area contributed by atoms with E-state index >= 15 is 0 Å². The first-order valence-corrected chi connectivity index (χ1v) is 15.1. The van der Waals surface area contributed by atoms with Gasteiger partial charge in [-0.15, -0.1) is 18.3 Å². The predicted octanol–water partition coefficient (Wildman–Crippen LogP) is 4.64. The second-order valence-electron chi connectivity index (χ2n) is 10.6. The van der Waals surface area contributed by atoms with E-state index in [9.17, 15) is 24.6 Å². The first kappa shape index (κ1) is 27.1. The summed E-state index contributed by atoms with van der Waals surface area (Å²) in [6.45, 7) is 3.69. The van der Waals surface area contributed by atoms with Gasteiger partial charge in [-0.25, -0.2) is 0 Å². The summed E-state index contributed by atoms with van der Waals surface area (Å²) in [6.07, 6.45) is 2.12. The van der Waals surface area contributed by atoms with Crippen molar-refractivity contribution in [1.29, 1.82) is 0 Å². The van der Waals surface area contributed by atoms with Crippen LogP contribution < -0.4 is 4.90 Å². The fourth-order valence-corrected chi connectivity index (χ4v) is 10.5. The molecule has 0 aliphatic carbocycles. The number of fused-ring (bicyclic) bond motifs is 2. The van der Waals surface area contributed by atoms with Crippen LogP contribution in [-0.4, -0.2) is 66.9 Å². The minimum Gasteiger partial charge on any atom is -0.481 e. The lowest BCUT2D eigenvalue weighted by Crippen LogP contribution is -2.56. The van der Waals surface area contributed by atoms with Gasteiger partial charge in [-0.2, -0.15) is 0 Å². The van der Waals surface area contributed by atoms with E-state index in [0.717, 1.165) is 10.8 Å². The highest BCUT2D eigenvalue weighted by Gasteiger charge is 2.76. The SMILES string of the molecule is C=CCN(C(=O)C1N([C@H](CO)c2ccccc2)C(=O)[C@@H]2[C@H](C(=O)O)[C@H]3SC12CC3Br)c1ccc2ccccc2c1. The third kappa shape index (κ3) is 4.01. The Balaban J connectivity index is 1.51. The maximum atomic E-state index is 14.8. The first-order chi connectivity index (χ1) is 19.3. The molecule has 2 bridgehead atoms. The van der Waals surface area contributed by atoms with Crippen molar-refractivity contribution in [2.45, 2.75) is 33.3 Å². The molecular weight excluding hydrogens is 592 g/mol. The van der Waals surface area contributed by atoms with Gasteiger partial charge in [0.25, 0.3) is 5.91 Å². The summed E-state index contributed by atoms with van der Waals surface area (Å²) in [4.78, 5) is 44.6. The third-order valence-electron chi connectivity index (χ3n) is 8.56. The number of hydrogen-bond donors (Lipinski definition) is 2. The maximum Gasteiger partial charge on any atom is 0.308 e. The zero-order valence-electron chi connectivity index (χ0n) is 21.6. The lowest BCUT2D eigenvalue weighted by molar-refractivity contribution is -0.149. The molecule has 3 saturated heterocycles. The highest BCUT2D eigenvalue weighted by molar-refractivity contribution is 9.09. The molecule has 7 atom stereocenters. The third-order valence-corrected chi connectivity index (χ3v) is 11.8. The van der Waals surface area contributed by atoms with Gasteiger partial charge in [0, 0.05) is 22.3 Å². The number of carboxylic acids is 1. The smallest absolute Gasteiger partial charge is 0.308 e. The van der Waals surface area contributed by atoms with Crippen LogP contribution in [-0.2, 0) is 14.4 Å². The van der Waals surface area contributed by atoms with Crippen LogP contribution in [0, 0.1) is 11.8 Å². The molecule has 3 unspecified atom stereocenters. The van der Waals surface area contributed by atoms with Crippen LogP contribution in [0.4, 0.5) is 5.69 Å². The standard InChI is InChI=1S/C31H29BrN2O5S/c1-2-14-33(21-13-12-18-8-6-7-11-20(18)15-21)29(37)27-31-16-22(32)26(40-31)24(30(38)39)25(31)28(36)34(27)23(17-35)19-9-4-3-5-10-19/h2-13,15,22-27,35H,1,14,16-17H2,(H,38,39)/t22?,23-,24+,25+,26+,27?,31?/m1/s1. The number of aliphatic carboxylic acids is 1. The molecule has 1 spiro atoms. The molecule has 0 aromatic heterocycles. The number of aliphatic hydroxyl groups excluding tert-OH is 1. The van der Waals surface area contributed by atoms with Crippen molar-refractivity contribution in [2.24, 2.45) is 11.8 Å². The van der Waals surface area contributed by atoms with Gasteiger partial charge in [0.15, 0.2) is 0 Å². The summed E-state index contributed by atoms with van der Waals surface area (Å²) < 4.78 is -0.950. The molecule has 2 N–H and O–H groups in total. The van der Waals surface area contributed by atoms with Gasteiger partial charge in [0.2, 0.25) is 5.91 Å². The molecule has 0 radical (unpaired) electrons. The van der Waals surface area contributed by atoms with E-state index in [1.807, 2.05) is 72.8 Å². The van der Waals surface area contributed by atoms with Gasteiger partial charge in [-0.05, 0) is 34.9 Å². The van der Waals surface area contributed by atoms with E-state index in [0.29, 0.717) is 17.7 Å². The van der Waals surface area contributed by atoms with E-state index in [1.165, 1.54) is 16.7 Å². The fraction of sp³-hybridized carbons (Fsp3) is 0.323. The number of amides is 2. The number of likely N-dealkylation sites (tertiary alicyclic amines) is 1. The molecule has 3 aromatic carbocycles. The Morgan fingerprint density at radius 1 is 1.12 bits per heavy atom. The summed E-state index contributed by atoms with van der Waals surface area (Å²) in [6, 6.07) is 21.0. The predicted molar refractivity (Wildman–Crippen MR) is 159 cm³/mol. The van der Waals surface area contributed by atoms with Crippen molar-refractivity contribution >= 4 is 61.9 Å². The number of halogens is 1. The lowest BCUT2D eigenvalue weighted by atomic mass is 9.71. The normalized spacial score (nSPS) is 29.4. The van der Waals surface area contributed by atoms with Crippen molar-refractivity contribution < 1.29 is 24.6 Å². The van der Waals surface area contributed by atoms with Crippen LogP contribution in [0.25, 0.3) is 10.8 Å². The molecule has 2 amide bonds. The van der Waals surface area contributed by atoms with E-state index < -0.39 is 41.2 Å². The monoisotopic (exact) mass is 620 g/mol. The van der Waals surface area contributed by atoms with E-state index in [4.69, 9.17) is 0 Å². The second-order valence-corrected chi connectivity index (χ2v) is 13.3. The van der Waals surface area contributed by atoms with Gasteiger partial charge in [0.05, 0.1) is 29.2 Å². The summed E-state index contributed by atoms with van der Waals surface area (Å²) in [5.74, 6) is -3.53. The van der Waals surface area contributed by atoms with Crippen molar-refractivity contribution in [3.63, 3.8) is 0 Å². The van der Waals surface area contributed by atoms with Gasteiger partial charge in [-0.1, -0.05) is 82.7 Å². The quantitative estimate of drug-likeness (QED) is 0.281. The number of nitrogens with zero attached hydrogens (tertiary/aromatic N) is 2. The molecule has 3 aliphatic rings. The van der Waals surface area contributed by atoms with Crippen LogP contribution in [0.3, 0.4) is 0 Å². The number of aliphatic hydroxyl groups is 1. The molecular formula is C31H29BrN2O5S. The van der Waals surface area contributed by atoms with Gasteiger partial charge < -0.3 is 20.0 Å². The molecule has 3 aromatic rings. The lowest BCUT2D eigenvalue weighted by Gasteiger charge is -2.40. The Hall–Kier alpha value is -3.14. The molecule has 0 saturated carbocycles. The number of carbonyl (C=O) groups excluding carboxylic acids is 2. The number of benzene rings is 3. The molecule has 40 heavy (non-hydrogen) atoms. The highest BCUT2D eigenvalue weighted by atomic mass is 79.9. The number of alkyl halides is 1. The van der Waals surface area contributed by atoms with Crippen molar-refractivity contribution in [3.8, 4) is 0 Å². The minimum atomic E-state index is -1.03. The number of rotatable bonds is 8. The molecule has 3 heterocycles. The highest BCUT2D eigenvalue weighted by Crippen LogP contribution is 2.68. The molecule has 9 heteroatoms. The number of carbonyl (C=O) groups is 3. The van der Waals surface area contributed by atoms with E-state index in [-0.39, 0.29) is 28.4 Å². The Morgan fingerprint density at radius 3 is 2.50 bits per heavy atom. The van der Waals surface area contributed by atoms with Gasteiger partial charge >= 0.3 is 5.97 Å². The van der Waals surface area contributed by atoms with Crippen molar-refractivity contribution in [3.05, 3.63) is 91.0 Å². The average molecular weight is 622 g/mol. The summed E-state index contributed by atoms with van der Waals surface area (Å²) in [7, 11) is 0. The van der Waals surface area contributed by atoms with Crippen LogP contribution in [0.15, 0.2) is 85.5 Å². The summed E-state index contributed by atoms with van der Waals surface area (Å²) >= 11 is 5.14. The largest absolute Gasteiger partial charge is 0.481 e. The fourth-order valence-electron chi connectivity index (χ4n) is 6.94. The zero-order chi connectivity index (χ0) is 28.2. The van der Waals surface area contributed by atoms with Crippen molar-refractivity contribution in [1.82, 2.24) is 4.90 Å². The van der Waals surface area contributed by atoms with Gasteiger partial charge in [-0.3, -0.25) is 14.4 Å². The molecule has 6 rings (SSSR count).